The minimum atomic E-state index is -0.706. The number of anilines is 1. The fourth-order valence-corrected chi connectivity index (χ4v) is 5.29. The number of carbonyl (C=O) groups is 2. The lowest BCUT2D eigenvalue weighted by Crippen LogP contribution is -2.42. The highest BCUT2D eigenvalue weighted by Gasteiger charge is 2.22. The fraction of sp³-hybridized carbons (Fsp3) is 0.176. The van der Waals surface area contributed by atoms with Gasteiger partial charge in [-0.2, -0.15) is 5.06 Å². The van der Waals surface area contributed by atoms with Crippen molar-refractivity contribution in [3.8, 4) is 11.4 Å². The third-order valence-electron chi connectivity index (χ3n) is 7.26. The Morgan fingerprint density at radius 1 is 0.867 bits per heavy atom. The van der Waals surface area contributed by atoms with Crippen molar-refractivity contribution in [3.05, 3.63) is 134 Å². The number of nitrogens with zero attached hydrogens (tertiary/aromatic N) is 3. The van der Waals surface area contributed by atoms with Crippen molar-refractivity contribution in [2.45, 2.75) is 19.4 Å². The molecule has 0 atom stereocenters. The Balaban J connectivity index is 1.39. The number of nitrogens with one attached hydrogen (secondary N) is 1. The highest BCUT2D eigenvalue weighted by atomic mass is 35.5. The molecule has 0 aliphatic rings. The maximum absolute atomic E-state index is 13.8. The first kappa shape index (κ1) is 31.2. The molecule has 1 N–H and O–H groups in total. The maximum atomic E-state index is 13.8. The number of ether oxygens (including phenoxy) is 1. The van der Waals surface area contributed by atoms with E-state index < -0.39 is 23.7 Å². The summed E-state index contributed by atoms with van der Waals surface area (Å²) < 4.78 is 7.42. The summed E-state index contributed by atoms with van der Waals surface area (Å²) in [6, 6.07) is 27.8. The van der Waals surface area contributed by atoms with Crippen molar-refractivity contribution >= 4 is 40.0 Å². The second kappa shape index (κ2) is 14.1. The Morgan fingerprint density at radius 2 is 1.58 bits per heavy atom. The van der Waals surface area contributed by atoms with Gasteiger partial charge in [0, 0.05) is 6.54 Å². The Kier molecular flexibility index (Phi) is 9.76. The first-order chi connectivity index (χ1) is 21.8. The predicted octanol–water partition coefficient (Wildman–Crippen LogP) is 4.31. The van der Waals surface area contributed by atoms with Crippen LogP contribution in [0.2, 0.25) is 5.02 Å². The molecule has 10 nitrogen and oxygen atoms in total. The molecule has 0 unspecified atom stereocenters. The second-order valence-corrected chi connectivity index (χ2v) is 10.6. The van der Waals surface area contributed by atoms with Crippen LogP contribution in [0.5, 0.6) is 5.75 Å². The van der Waals surface area contributed by atoms with E-state index in [1.807, 2.05) is 30.3 Å². The molecule has 0 radical (unpaired) electrons. The van der Waals surface area contributed by atoms with Gasteiger partial charge in [-0.15, -0.1) is 0 Å². The number of fused-ring (bicyclic) bond motifs is 1. The van der Waals surface area contributed by atoms with E-state index in [1.54, 1.807) is 60.7 Å². The van der Waals surface area contributed by atoms with E-state index in [4.69, 9.17) is 21.2 Å². The first-order valence-electron chi connectivity index (χ1n) is 14.2. The zero-order valence-electron chi connectivity index (χ0n) is 24.7. The van der Waals surface area contributed by atoms with Crippen molar-refractivity contribution in [1.82, 2.24) is 14.5 Å². The molecule has 230 valence electrons. The van der Waals surface area contributed by atoms with E-state index in [0.29, 0.717) is 34.7 Å². The molecule has 1 heterocycles. The summed E-state index contributed by atoms with van der Waals surface area (Å²) in [6.45, 7) is 0.0794. The van der Waals surface area contributed by atoms with Gasteiger partial charge < -0.3 is 10.1 Å². The quantitative estimate of drug-likeness (QED) is 0.219. The van der Waals surface area contributed by atoms with Gasteiger partial charge in [0.1, 0.15) is 12.3 Å². The molecular formula is C34H31ClN4O6. The molecule has 4 aromatic carbocycles. The van der Waals surface area contributed by atoms with Crippen LogP contribution in [-0.4, -0.2) is 41.7 Å². The molecule has 45 heavy (non-hydrogen) atoms. The maximum Gasteiger partial charge on any atom is 0.336 e. The normalized spacial score (nSPS) is 10.9. The van der Waals surface area contributed by atoms with E-state index in [2.05, 4.69) is 5.32 Å². The molecule has 5 rings (SSSR count). The summed E-state index contributed by atoms with van der Waals surface area (Å²) in [5, 5.41) is 4.46. The van der Waals surface area contributed by atoms with E-state index in [0.717, 1.165) is 21.6 Å². The fourth-order valence-electron chi connectivity index (χ4n) is 5.04. The molecule has 0 spiro atoms. The summed E-state index contributed by atoms with van der Waals surface area (Å²) in [7, 11) is 2.80. The van der Waals surface area contributed by atoms with Crippen LogP contribution in [0.1, 0.15) is 11.1 Å². The lowest BCUT2D eigenvalue weighted by molar-refractivity contribution is -0.125. The van der Waals surface area contributed by atoms with Gasteiger partial charge in [-0.1, -0.05) is 66.2 Å². The number of para-hydroxylation sites is 1. The number of amides is 2. The number of rotatable bonds is 11. The van der Waals surface area contributed by atoms with Gasteiger partial charge in [0.2, 0.25) is 5.91 Å². The highest BCUT2D eigenvalue weighted by molar-refractivity contribution is 6.32. The molecule has 11 heteroatoms. The predicted molar refractivity (Wildman–Crippen MR) is 173 cm³/mol. The van der Waals surface area contributed by atoms with Crippen molar-refractivity contribution in [3.63, 3.8) is 0 Å². The lowest BCUT2D eigenvalue weighted by Gasteiger charge is -2.22. The van der Waals surface area contributed by atoms with Gasteiger partial charge in [0.15, 0.2) is 0 Å². The number of hydroxylamine groups is 1. The topological polar surface area (TPSA) is 112 Å². The SMILES string of the molecule is COc1ccc(N(OC)C(=O)Cn2c(=O)n(-c3ccc(CC(=O)NCCc4ccccc4)cc3)c(=O)c3ccccc32)cc1Cl. The molecule has 0 aliphatic heterocycles. The standard InChI is InChI=1S/C34H31ClN4O6/c1-44-30-17-16-26(21-28(30)35)39(45-2)32(41)22-37-29-11-7-6-10-27(29)33(42)38(34(37)43)25-14-12-24(13-15-25)20-31(40)36-19-18-23-8-4-3-5-9-23/h3-17,21H,18-20,22H2,1-2H3,(H,36,40). The molecule has 0 saturated carbocycles. The molecule has 5 aromatic rings. The molecule has 0 fully saturated rings. The van der Waals surface area contributed by atoms with E-state index in [-0.39, 0.29) is 22.7 Å². The number of hydrogen-bond acceptors (Lipinski definition) is 6. The lowest BCUT2D eigenvalue weighted by atomic mass is 10.1. The van der Waals surface area contributed by atoms with Crippen LogP contribution >= 0.6 is 11.6 Å². The number of benzene rings is 4. The van der Waals surface area contributed by atoms with Crippen LogP contribution in [0.4, 0.5) is 5.69 Å². The Morgan fingerprint density at radius 3 is 2.27 bits per heavy atom. The van der Waals surface area contributed by atoms with Gasteiger partial charge >= 0.3 is 5.69 Å². The second-order valence-electron chi connectivity index (χ2n) is 10.1. The van der Waals surface area contributed by atoms with Gasteiger partial charge in [-0.25, -0.2) is 9.36 Å². The van der Waals surface area contributed by atoms with Crippen molar-refractivity contribution < 1.29 is 19.2 Å². The van der Waals surface area contributed by atoms with Gasteiger partial charge in [0.05, 0.1) is 47.9 Å². The number of methoxy groups -OCH3 is 1. The first-order valence-corrected chi connectivity index (χ1v) is 14.5. The number of carbonyl (C=O) groups excluding carboxylic acids is 2. The highest BCUT2D eigenvalue weighted by Crippen LogP contribution is 2.29. The smallest absolute Gasteiger partial charge is 0.336 e. The summed E-state index contributed by atoms with van der Waals surface area (Å²) in [4.78, 5) is 58.7. The molecule has 0 saturated heterocycles. The van der Waals surface area contributed by atoms with Crippen LogP contribution in [0.3, 0.4) is 0 Å². The summed E-state index contributed by atoms with van der Waals surface area (Å²) in [5.41, 5.74) is 1.54. The van der Waals surface area contributed by atoms with Crippen LogP contribution in [0.15, 0.2) is 107 Å². The molecule has 0 bridgehead atoms. The van der Waals surface area contributed by atoms with Crippen LogP contribution in [-0.2, 0) is 33.8 Å². The Hall–Kier alpha value is -5.19. The Labute approximate surface area is 264 Å². The average molecular weight is 627 g/mol. The van der Waals surface area contributed by atoms with E-state index in [9.17, 15) is 19.2 Å². The third kappa shape index (κ3) is 6.98. The minimum Gasteiger partial charge on any atom is -0.495 e. The average Bonchev–Trinajstić information content (AvgIpc) is 3.05. The molecule has 1 aromatic heterocycles. The van der Waals surface area contributed by atoms with Gasteiger partial charge in [-0.3, -0.25) is 23.8 Å². The van der Waals surface area contributed by atoms with E-state index in [1.165, 1.54) is 24.9 Å². The largest absolute Gasteiger partial charge is 0.495 e. The van der Waals surface area contributed by atoms with Crippen molar-refractivity contribution in [2.75, 3.05) is 25.8 Å². The molecule has 2 amide bonds. The molecule has 0 aliphatic carbocycles. The minimum absolute atomic E-state index is 0.136. The van der Waals surface area contributed by atoms with Gasteiger partial charge in [-0.05, 0) is 60.0 Å². The van der Waals surface area contributed by atoms with Crippen molar-refractivity contribution in [2.24, 2.45) is 0 Å². The monoisotopic (exact) mass is 626 g/mol. The van der Waals surface area contributed by atoms with Crippen LogP contribution in [0.25, 0.3) is 16.6 Å². The Bertz CT molecular complexity index is 1950. The zero-order valence-corrected chi connectivity index (χ0v) is 25.5. The van der Waals surface area contributed by atoms with Crippen LogP contribution < -0.4 is 26.4 Å². The third-order valence-corrected chi connectivity index (χ3v) is 7.56. The van der Waals surface area contributed by atoms with Crippen molar-refractivity contribution in [1.29, 1.82) is 0 Å². The summed E-state index contributed by atoms with van der Waals surface area (Å²) >= 11 is 6.26. The summed E-state index contributed by atoms with van der Waals surface area (Å²) in [6.07, 6.45) is 0.865. The number of hydrogen-bond donors (Lipinski definition) is 1. The summed E-state index contributed by atoms with van der Waals surface area (Å²) in [5.74, 6) is -0.291. The van der Waals surface area contributed by atoms with Gasteiger partial charge in [0.25, 0.3) is 11.5 Å². The zero-order chi connectivity index (χ0) is 31.9. The number of halogens is 1. The van der Waals surface area contributed by atoms with E-state index >= 15 is 0 Å². The van der Waals surface area contributed by atoms with Crippen LogP contribution in [0, 0.1) is 0 Å². The number of aromatic nitrogens is 2. The molecular weight excluding hydrogens is 596 g/mol.